The number of carbonyl (C=O) groups excluding carboxylic acids is 1. The smallest absolute Gasteiger partial charge is 0.261 e. The van der Waals surface area contributed by atoms with E-state index in [0.717, 1.165) is 16.8 Å². The summed E-state index contributed by atoms with van der Waals surface area (Å²) in [6, 6.07) is 21.9. The molecule has 2 aromatic carbocycles. The lowest BCUT2D eigenvalue weighted by Gasteiger charge is -2.20. The van der Waals surface area contributed by atoms with Gasteiger partial charge in [-0.3, -0.25) is 14.6 Å². The number of anilines is 1. The Morgan fingerprint density at radius 1 is 1.00 bits per heavy atom. The molecule has 0 aliphatic carbocycles. The number of para-hydroxylation sites is 1. The highest BCUT2D eigenvalue weighted by Crippen LogP contribution is 2.25. The van der Waals surface area contributed by atoms with E-state index in [1.807, 2.05) is 73.0 Å². The highest BCUT2D eigenvalue weighted by molar-refractivity contribution is 6.30. The minimum absolute atomic E-state index is 0.0616. The summed E-state index contributed by atoms with van der Waals surface area (Å²) < 4.78 is 1.94. The minimum atomic E-state index is -0.463. The molecule has 0 radical (unpaired) electrons. The van der Waals surface area contributed by atoms with Crippen molar-refractivity contribution in [2.24, 2.45) is 0 Å². The first kappa shape index (κ1) is 21.5. The number of hydrogen-bond acceptors (Lipinski definition) is 3. The fourth-order valence-corrected chi connectivity index (χ4v) is 3.76. The fraction of sp³-hybridized carbons (Fsp3) is 0.115. The molecule has 0 aliphatic rings. The van der Waals surface area contributed by atoms with Crippen LogP contribution in [0.1, 0.15) is 27.2 Å². The monoisotopic (exact) mass is 443 g/mol. The number of hydrogen-bond donors (Lipinski definition) is 1. The van der Waals surface area contributed by atoms with Crippen LogP contribution in [0.15, 0.2) is 83.8 Å². The van der Waals surface area contributed by atoms with Gasteiger partial charge in [-0.1, -0.05) is 48.0 Å². The summed E-state index contributed by atoms with van der Waals surface area (Å²) in [6.07, 6.45) is 1.65. The van der Waals surface area contributed by atoms with Crippen LogP contribution in [0.5, 0.6) is 0 Å². The summed E-state index contributed by atoms with van der Waals surface area (Å²) in [5.41, 5.74) is 4.05. The van der Waals surface area contributed by atoms with Gasteiger partial charge in [0, 0.05) is 35.2 Å². The zero-order chi connectivity index (χ0) is 22.7. The quantitative estimate of drug-likeness (QED) is 0.444. The predicted octanol–water partition coefficient (Wildman–Crippen LogP) is 5.48. The van der Waals surface area contributed by atoms with Crippen LogP contribution in [-0.4, -0.2) is 15.5 Å². The summed E-state index contributed by atoms with van der Waals surface area (Å²) in [6.45, 7) is 4.22. The van der Waals surface area contributed by atoms with Gasteiger partial charge in [-0.25, -0.2) is 0 Å². The number of rotatable bonds is 5. The molecule has 1 amide bonds. The average Bonchev–Trinajstić information content (AvgIpc) is 2.78. The van der Waals surface area contributed by atoms with E-state index in [2.05, 4.69) is 10.3 Å². The van der Waals surface area contributed by atoms with Crippen molar-refractivity contribution >= 4 is 23.2 Å². The third-order valence-electron chi connectivity index (χ3n) is 5.30. The van der Waals surface area contributed by atoms with Gasteiger partial charge in [0.05, 0.1) is 11.4 Å². The second-order valence-corrected chi connectivity index (χ2v) is 8.01. The number of nitrogens with zero attached hydrogens (tertiary/aromatic N) is 2. The third kappa shape index (κ3) is 4.48. The first-order valence-electron chi connectivity index (χ1n) is 10.2. The first-order valence-corrected chi connectivity index (χ1v) is 10.6. The fourth-order valence-electron chi connectivity index (χ4n) is 3.63. The Hall–Kier alpha value is -3.70. The molecule has 2 heterocycles. The van der Waals surface area contributed by atoms with Crippen molar-refractivity contribution in [3.8, 4) is 11.4 Å². The number of amides is 1. The molecule has 6 heteroatoms. The molecule has 4 aromatic rings. The van der Waals surface area contributed by atoms with E-state index in [1.54, 1.807) is 18.3 Å². The molecule has 0 saturated heterocycles. The molecule has 0 fully saturated rings. The number of halogens is 1. The molecule has 2 aromatic heterocycles. The van der Waals surface area contributed by atoms with Crippen LogP contribution in [-0.2, 0) is 6.54 Å². The van der Waals surface area contributed by atoms with Gasteiger partial charge in [-0.05, 0) is 55.3 Å². The van der Waals surface area contributed by atoms with Crippen LogP contribution in [0.25, 0.3) is 11.4 Å². The summed E-state index contributed by atoms with van der Waals surface area (Å²) in [5.74, 6) is -0.463. The second-order valence-electron chi connectivity index (χ2n) is 7.57. The van der Waals surface area contributed by atoms with Gasteiger partial charge in [0.2, 0.25) is 0 Å². The van der Waals surface area contributed by atoms with Crippen LogP contribution >= 0.6 is 11.6 Å². The lowest BCUT2D eigenvalue weighted by Crippen LogP contribution is -2.27. The molecule has 0 saturated carbocycles. The number of carbonyl (C=O) groups is 1. The van der Waals surface area contributed by atoms with E-state index >= 15 is 0 Å². The highest BCUT2D eigenvalue weighted by atomic mass is 35.5. The Morgan fingerprint density at radius 3 is 2.41 bits per heavy atom. The number of aryl methyl sites for hydroxylation is 2. The maximum absolute atomic E-state index is 13.4. The molecule has 0 spiro atoms. The summed E-state index contributed by atoms with van der Waals surface area (Å²) in [4.78, 5) is 30.9. The van der Waals surface area contributed by atoms with Gasteiger partial charge in [-0.15, -0.1) is 0 Å². The Bertz CT molecular complexity index is 1330. The number of pyridine rings is 2. The van der Waals surface area contributed by atoms with Gasteiger partial charge in [0.15, 0.2) is 5.43 Å². The van der Waals surface area contributed by atoms with Gasteiger partial charge >= 0.3 is 0 Å². The maximum atomic E-state index is 13.4. The lowest BCUT2D eigenvalue weighted by atomic mass is 10.1. The Balaban J connectivity index is 1.89. The van der Waals surface area contributed by atoms with E-state index in [0.29, 0.717) is 28.6 Å². The minimum Gasteiger partial charge on any atom is -0.338 e. The molecule has 0 bridgehead atoms. The van der Waals surface area contributed by atoms with Gasteiger partial charge in [0.25, 0.3) is 5.91 Å². The van der Waals surface area contributed by atoms with Crippen LogP contribution in [0, 0.1) is 13.8 Å². The largest absolute Gasteiger partial charge is 0.338 e. The van der Waals surface area contributed by atoms with E-state index in [-0.39, 0.29) is 11.0 Å². The maximum Gasteiger partial charge on any atom is 0.261 e. The van der Waals surface area contributed by atoms with Crippen LogP contribution in [0.3, 0.4) is 0 Å². The standard InChI is InChI=1S/C26H22ClN3O2/c1-17-7-3-4-8-21(17)29-26(32)24-23(31)15-18(2)30(16-19-10-12-20(27)13-11-19)25(24)22-9-5-6-14-28-22/h3-15H,16H2,1-2H3,(H,29,32). The van der Waals surface area contributed by atoms with Gasteiger partial charge in [0.1, 0.15) is 5.56 Å². The molecule has 5 nitrogen and oxygen atoms in total. The molecule has 0 unspecified atom stereocenters. The van der Waals surface area contributed by atoms with Crippen LogP contribution in [0.4, 0.5) is 5.69 Å². The number of aromatic nitrogens is 2. The Morgan fingerprint density at radius 2 is 1.72 bits per heavy atom. The van der Waals surface area contributed by atoms with Crippen LogP contribution < -0.4 is 10.7 Å². The van der Waals surface area contributed by atoms with E-state index in [4.69, 9.17) is 11.6 Å². The lowest BCUT2D eigenvalue weighted by molar-refractivity contribution is 0.102. The molecule has 32 heavy (non-hydrogen) atoms. The molecule has 0 aliphatic heterocycles. The molecule has 4 rings (SSSR count). The number of benzene rings is 2. The van der Waals surface area contributed by atoms with E-state index in [9.17, 15) is 9.59 Å². The van der Waals surface area contributed by atoms with Crippen molar-refractivity contribution in [2.45, 2.75) is 20.4 Å². The van der Waals surface area contributed by atoms with Crippen molar-refractivity contribution in [2.75, 3.05) is 5.32 Å². The molecule has 160 valence electrons. The Labute approximate surface area is 191 Å². The molecule has 1 N–H and O–H groups in total. The van der Waals surface area contributed by atoms with Gasteiger partial charge < -0.3 is 9.88 Å². The van der Waals surface area contributed by atoms with E-state index < -0.39 is 5.91 Å². The zero-order valence-corrected chi connectivity index (χ0v) is 18.6. The zero-order valence-electron chi connectivity index (χ0n) is 17.8. The summed E-state index contributed by atoms with van der Waals surface area (Å²) in [7, 11) is 0. The van der Waals surface area contributed by atoms with Crippen molar-refractivity contribution < 1.29 is 4.79 Å². The molecular weight excluding hydrogens is 422 g/mol. The normalized spacial score (nSPS) is 10.7. The van der Waals surface area contributed by atoms with Crippen LogP contribution in [0.2, 0.25) is 5.02 Å². The Kier molecular flexibility index (Phi) is 6.19. The summed E-state index contributed by atoms with van der Waals surface area (Å²) in [5, 5.41) is 3.54. The van der Waals surface area contributed by atoms with Gasteiger partial charge in [-0.2, -0.15) is 0 Å². The van der Waals surface area contributed by atoms with Crippen molar-refractivity contribution in [1.29, 1.82) is 0 Å². The molecule has 0 atom stereocenters. The highest BCUT2D eigenvalue weighted by Gasteiger charge is 2.23. The first-order chi connectivity index (χ1) is 15.4. The SMILES string of the molecule is Cc1ccccc1NC(=O)c1c(-c2ccccn2)n(Cc2ccc(Cl)cc2)c(C)cc1=O. The summed E-state index contributed by atoms with van der Waals surface area (Å²) >= 11 is 6.04. The van der Waals surface area contributed by atoms with Crippen molar-refractivity contribution in [3.05, 3.63) is 117 Å². The van der Waals surface area contributed by atoms with E-state index in [1.165, 1.54) is 6.07 Å². The van der Waals surface area contributed by atoms with Crippen molar-refractivity contribution in [1.82, 2.24) is 9.55 Å². The van der Waals surface area contributed by atoms with Crippen molar-refractivity contribution in [3.63, 3.8) is 0 Å². The average molecular weight is 444 g/mol. The molecular formula is C26H22ClN3O2. The predicted molar refractivity (Wildman–Crippen MR) is 128 cm³/mol. The topological polar surface area (TPSA) is 64.0 Å². The number of nitrogens with one attached hydrogen (secondary N) is 1. The third-order valence-corrected chi connectivity index (χ3v) is 5.55. The second kappa shape index (κ2) is 9.20.